The van der Waals surface area contributed by atoms with Crippen LogP contribution in [0.3, 0.4) is 0 Å². The van der Waals surface area contributed by atoms with Gasteiger partial charge in [0.05, 0.1) is 0 Å². The number of rotatable bonds is 6. The quantitative estimate of drug-likeness (QED) is 0.778. The summed E-state index contributed by atoms with van der Waals surface area (Å²) in [4.78, 5) is 0. The highest BCUT2D eigenvalue weighted by atomic mass is 35.5. The van der Waals surface area contributed by atoms with Crippen molar-refractivity contribution in [1.29, 1.82) is 0 Å². The van der Waals surface area contributed by atoms with Crippen LogP contribution >= 0.6 is 11.6 Å². The summed E-state index contributed by atoms with van der Waals surface area (Å²) in [5, 5.41) is 3.98. The van der Waals surface area contributed by atoms with Crippen molar-refractivity contribution in [3.63, 3.8) is 0 Å². The van der Waals surface area contributed by atoms with Crippen LogP contribution in [0.1, 0.15) is 50.8 Å². The van der Waals surface area contributed by atoms with Crippen LogP contribution in [-0.4, -0.2) is 6.54 Å². The van der Waals surface area contributed by atoms with E-state index in [2.05, 4.69) is 26.1 Å². The summed E-state index contributed by atoms with van der Waals surface area (Å²) >= 11 is 6.20. The third-order valence-electron chi connectivity index (χ3n) is 3.35. The highest BCUT2D eigenvalue weighted by Crippen LogP contribution is 2.32. The van der Waals surface area contributed by atoms with Crippen LogP contribution in [0.25, 0.3) is 0 Å². The summed E-state index contributed by atoms with van der Waals surface area (Å²) < 4.78 is 13.5. The van der Waals surface area contributed by atoms with Gasteiger partial charge in [-0.15, -0.1) is 0 Å². The van der Waals surface area contributed by atoms with Gasteiger partial charge < -0.3 is 5.32 Å². The molecule has 2 unspecified atom stereocenters. The number of aryl methyl sites for hydroxylation is 1. The molecule has 1 N–H and O–H groups in total. The second kappa shape index (κ2) is 7.10. The molecule has 1 nitrogen and oxygen atoms in total. The Morgan fingerprint density at radius 1 is 1.33 bits per heavy atom. The van der Waals surface area contributed by atoms with E-state index in [4.69, 9.17) is 11.6 Å². The molecule has 0 saturated heterocycles. The molecule has 0 fully saturated rings. The maximum atomic E-state index is 13.5. The monoisotopic (exact) mass is 271 g/mol. The third-order valence-corrected chi connectivity index (χ3v) is 3.68. The summed E-state index contributed by atoms with van der Waals surface area (Å²) in [6.07, 6.45) is 2.27. The molecule has 1 rings (SSSR count). The van der Waals surface area contributed by atoms with E-state index in [1.165, 1.54) is 6.07 Å². The molecule has 0 bridgehead atoms. The van der Waals surface area contributed by atoms with Crippen molar-refractivity contribution in [3.05, 3.63) is 34.1 Å². The molecule has 0 aliphatic heterocycles. The number of nitrogens with one attached hydrogen (secondary N) is 1. The summed E-state index contributed by atoms with van der Waals surface area (Å²) in [6, 6.07) is 3.49. The fraction of sp³-hybridized carbons (Fsp3) is 0.600. The van der Waals surface area contributed by atoms with Gasteiger partial charge in [-0.1, -0.05) is 44.9 Å². The Hall–Kier alpha value is -0.600. The zero-order valence-corrected chi connectivity index (χ0v) is 12.4. The van der Waals surface area contributed by atoms with E-state index in [9.17, 15) is 4.39 Å². The summed E-state index contributed by atoms with van der Waals surface area (Å²) in [5.74, 6) is 0.249. The van der Waals surface area contributed by atoms with Crippen molar-refractivity contribution < 1.29 is 4.39 Å². The van der Waals surface area contributed by atoms with E-state index in [1.807, 2.05) is 6.07 Å². The fourth-order valence-corrected chi connectivity index (χ4v) is 2.65. The molecule has 1 aromatic rings. The van der Waals surface area contributed by atoms with Gasteiger partial charge in [-0.05, 0) is 43.0 Å². The van der Waals surface area contributed by atoms with E-state index < -0.39 is 0 Å². The zero-order valence-electron chi connectivity index (χ0n) is 11.7. The van der Waals surface area contributed by atoms with Crippen molar-refractivity contribution in [3.8, 4) is 0 Å². The van der Waals surface area contributed by atoms with Crippen LogP contribution < -0.4 is 5.32 Å². The standard InChI is InChI=1S/C15H23ClFN/c1-5-7-10(3)15(18-6-2)12-8-11(4)14(17)9-13(12)16/h8-10,15,18H,5-7H2,1-4H3. The summed E-state index contributed by atoms with van der Waals surface area (Å²) in [6.45, 7) is 9.13. The van der Waals surface area contributed by atoms with Crippen LogP contribution in [0.2, 0.25) is 5.02 Å². The number of hydrogen-bond donors (Lipinski definition) is 1. The lowest BCUT2D eigenvalue weighted by Crippen LogP contribution is -2.27. The van der Waals surface area contributed by atoms with Gasteiger partial charge in [0.25, 0.3) is 0 Å². The second-order valence-corrected chi connectivity index (χ2v) is 5.33. The number of benzene rings is 1. The molecule has 0 amide bonds. The minimum absolute atomic E-state index is 0.196. The van der Waals surface area contributed by atoms with Crippen molar-refractivity contribution in [2.24, 2.45) is 5.92 Å². The Kier molecular flexibility index (Phi) is 6.10. The lowest BCUT2D eigenvalue weighted by Gasteiger charge is -2.26. The van der Waals surface area contributed by atoms with Gasteiger partial charge in [-0.25, -0.2) is 4.39 Å². The molecule has 0 saturated carbocycles. The fourth-order valence-electron chi connectivity index (χ4n) is 2.38. The van der Waals surface area contributed by atoms with Gasteiger partial charge in [-0.2, -0.15) is 0 Å². The van der Waals surface area contributed by atoms with E-state index in [1.54, 1.807) is 6.92 Å². The van der Waals surface area contributed by atoms with E-state index in [0.717, 1.165) is 24.9 Å². The van der Waals surface area contributed by atoms with Gasteiger partial charge in [0.1, 0.15) is 5.82 Å². The minimum atomic E-state index is -0.234. The lowest BCUT2D eigenvalue weighted by molar-refractivity contribution is 0.369. The van der Waals surface area contributed by atoms with Crippen molar-refractivity contribution in [2.75, 3.05) is 6.54 Å². The zero-order chi connectivity index (χ0) is 13.7. The van der Waals surface area contributed by atoms with E-state index in [0.29, 0.717) is 16.5 Å². The highest BCUT2D eigenvalue weighted by molar-refractivity contribution is 6.31. The van der Waals surface area contributed by atoms with Crippen molar-refractivity contribution in [2.45, 2.75) is 46.6 Å². The molecule has 0 heterocycles. The predicted molar refractivity (Wildman–Crippen MR) is 76.6 cm³/mol. The number of halogens is 2. The SMILES string of the molecule is CCCC(C)C(NCC)c1cc(C)c(F)cc1Cl. The first-order valence-electron chi connectivity index (χ1n) is 6.70. The Morgan fingerprint density at radius 3 is 2.56 bits per heavy atom. The first kappa shape index (κ1) is 15.5. The van der Waals surface area contributed by atoms with Crippen LogP contribution in [-0.2, 0) is 0 Å². The van der Waals surface area contributed by atoms with Gasteiger partial charge in [0.15, 0.2) is 0 Å². The molecule has 1 aromatic carbocycles. The Balaban J connectivity index is 3.08. The Morgan fingerprint density at radius 2 is 2.00 bits per heavy atom. The van der Waals surface area contributed by atoms with Gasteiger partial charge >= 0.3 is 0 Å². The molecule has 3 heteroatoms. The van der Waals surface area contributed by atoms with Crippen molar-refractivity contribution >= 4 is 11.6 Å². The minimum Gasteiger partial charge on any atom is -0.310 e. The topological polar surface area (TPSA) is 12.0 Å². The molecule has 18 heavy (non-hydrogen) atoms. The molecule has 0 radical (unpaired) electrons. The first-order valence-corrected chi connectivity index (χ1v) is 7.07. The van der Waals surface area contributed by atoms with Gasteiger partial charge in [0.2, 0.25) is 0 Å². The maximum absolute atomic E-state index is 13.5. The van der Waals surface area contributed by atoms with Crippen molar-refractivity contribution in [1.82, 2.24) is 5.32 Å². The van der Waals surface area contributed by atoms with Gasteiger partial charge in [-0.3, -0.25) is 0 Å². The number of hydrogen-bond acceptors (Lipinski definition) is 1. The average molecular weight is 272 g/mol. The second-order valence-electron chi connectivity index (χ2n) is 4.92. The van der Waals surface area contributed by atoms with Crippen LogP contribution in [0.15, 0.2) is 12.1 Å². The largest absolute Gasteiger partial charge is 0.310 e. The van der Waals surface area contributed by atoms with E-state index >= 15 is 0 Å². The Labute approximate surface area is 115 Å². The van der Waals surface area contributed by atoms with Crippen LogP contribution in [0.4, 0.5) is 4.39 Å². The average Bonchev–Trinajstić information content (AvgIpc) is 2.31. The Bertz CT molecular complexity index is 392. The van der Waals surface area contributed by atoms with Crippen LogP contribution in [0, 0.1) is 18.7 Å². The first-order chi connectivity index (χ1) is 8.51. The third kappa shape index (κ3) is 3.69. The smallest absolute Gasteiger partial charge is 0.127 e. The molecule has 0 aliphatic carbocycles. The van der Waals surface area contributed by atoms with E-state index in [-0.39, 0.29) is 11.9 Å². The normalized spacial score (nSPS) is 14.6. The molecule has 0 aromatic heterocycles. The molecule has 0 aliphatic rings. The van der Waals surface area contributed by atoms with Crippen LogP contribution in [0.5, 0.6) is 0 Å². The summed E-state index contributed by atoms with van der Waals surface area (Å²) in [7, 11) is 0. The molecule has 2 atom stereocenters. The molecule has 102 valence electrons. The lowest BCUT2D eigenvalue weighted by atomic mass is 9.90. The van der Waals surface area contributed by atoms with Gasteiger partial charge in [0, 0.05) is 11.1 Å². The predicted octanol–water partition coefficient (Wildman–Crippen LogP) is 4.87. The molecular formula is C15H23ClFN. The summed E-state index contributed by atoms with van der Waals surface area (Å²) in [5.41, 5.74) is 1.67. The molecular weight excluding hydrogens is 249 g/mol. The maximum Gasteiger partial charge on any atom is 0.127 e. The highest BCUT2D eigenvalue weighted by Gasteiger charge is 2.21. The molecule has 0 spiro atoms.